The molecule has 1 aromatic carbocycles. The third-order valence-corrected chi connectivity index (χ3v) is 1.78. The van der Waals surface area contributed by atoms with Crippen molar-refractivity contribution in [1.29, 1.82) is 0 Å². The molecule has 1 N–H and O–H groups in total. The summed E-state index contributed by atoms with van der Waals surface area (Å²) >= 11 is 0. The van der Waals surface area contributed by atoms with E-state index >= 15 is 0 Å². The van der Waals surface area contributed by atoms with Crippen LogP contribution in [0.3, 0.4) is 0 Å². The van der Waals surface area contributed by atoms with Gasteiger partial charge < -0.3 is 5.11 Å². The molecule has 0 heterocycles. The normalized spacial score (nSPS) is 10.1. The molecular formula is C10H11N3O. The van der Waals surface area contributed by atoms with Crippen LogP contribution >= 0.6 is 0 Å². The second-order valence-corrected chi connectivity index (χ2v) is 2.86. The fourth-order valence-corrected chi connectivity index (χ4v) is 1.05. The van der Waals surface area contributed by atoms with Gasteiger partial charge >= 0.3 is 0 Å². The van der Waals surface area contributed by atoms with E-state index in [2.05, 4.69) is 10.0 Å². The lowest BCUT2D eigenvalue weighted by Gasteiger charge is -1.98. The van der Waals surface area contributed by atoms with Crippen molar-refractivity contribution in [2.75, 3.05) is 6.54 Å². The maximum absolute atomic E-state index is 9.26. The molecule has 0 saturated carbocycles. The van der Waals surface area contributed by atoms with Crippen molar-refractivity contribution in [3.8, 4) is 5.75 Å². The number of aromatic hydroxyl groups is 1. The number of hydrogen-bond donors (Lipinski definition) is 1. The van der Waals surface area contributed by atoms with Crippen molar-refractivity contribution in [2.24, 2.45) is 5.11 Å². The van der Waals surface area contributed by atoms with Gasteiger partial charge in [0.15, 0.2) is 0 Å². The minimum Gasteiger partial charge on any atom is -0.508 e. The average molecular weight is 189 g/mol. The standard InChI is InChI=1S/C10H11N3O/c1-8-7-9(4-5-10(8)14)3-2-6-12-13-11/h2-5,7,14H,6H2,1H3. The van der Waals surface area contributed by atoms with E-state index in [1.54, 1.807) is 18.2 Å². The van der Waals surface area contributed by atoms with Gasteiger partial charge in [0.25, 0.3) is 0 Å². The first-order valence-corrected chi connectivity index (χ1v) is 4.21. The van der Waals surface area contributed by atoms with E-state index in [1.165, 1.54) is 0 Å². The van der Waals surface area contributed by atoms with Gasteiger partial charge in [0.1, 0.15) is 5.75 Å². The molecule has 1 aromatic rings. The molecule has 0 spiro atoms. The van der Waals surface area contributed by atoms with Gasteiger partial charge in [0, 0.05) is 11.5 Å². The maximum Gasteiger partial charge on any atom is 0.118 e. The Morgan fingerprint density at radius 1 is 1.57 bits per heavy atom. The minimum absolute atomic E-state index is 0.289. The lowest BCUT2D eigenvalue weighted by molar-refractivity contribution is 0.471. The summed E-state index contributed by atoms with van der Waals surface area (Å²) in [5.41, 5.74) is 9.84. The van der Waals surface area contributed by atoms with Crippen LogP contribution in [0.2, 0.25) is 0 Å². The van der Waals surface area contributed by atoms with E-state index in [9.17, 15) is 5.11 Å². The van der Waals surface area contributed by atoms with Crippen molar-refractivity contribution >= 4 is 6.08 Å². The van der Waals surface area contributed by atoms with Crippen LogP contribution in [0.5, 0.6) is 5.75 Å². The SMILES string of the molecule is Cc1cc(C=CCN=[N+]=[N-])ccc1O. The molecule has 14 heavy (non-hydrogen) atoms. The van der Waals surface area contributed by atoms with Gasteiger partial charge in [-0.1, -0.05) is 23.3 Å². The lowest BCUT2D eigenvalue weighted by Crippen LogP contribution is -1.77. The molecule has 0 saturated heterocycles. The molecule has 0 unspecified atom stereocenters. The van der Waals surface area contributed by atoms with Crippen LogP contribution in [-0.2, 0) is 0 Å². The number of nitrogens with zero attached hydrogens (tertiary/aromatic N) is 3. The number of phenols is 1. The minimum atomic E-state index is 0.289. The Labute approximate surface area is 82.1 Å². The first kappa shape index (κ1) is 10.2. The van der Waals surface area contributed by atoms with Gasteiger partial charge in [-0.25, -0.2) is 0 Å². The monoisotopic (exact) mass is 189 g/mol. The second-order valence-electron chi connectivity index (χ2n) is 2.86. The summed E-state index contributed by atoms with van der Waals surface area (Å²) in [6, 6.07) is 5.30. The van der Waals surface area contributed by atoms with Crippen LogP contribution in [0, 0.1) is 6.92 Å². The zero-order valence-corrected chi connectivity index (χ0v) is 7.88. The smallest absolute Gasteiger partial charge is 0.118 e. The van der Waals surface area contributed by atoms with Crippen molar-refractivity contribution in [3.63, 3.8) is 0 Å². The van der Waals surface area contributed by atoms with E-state index in [-0.39, 0.29) is 5.75 Å². The largest absolute Gasteiger partial charge is 0.508 e. The Hall–Kier alpha value is -1.93. The number of aryl methyl sites for hydroxylation is 1. The molecule has 0 radical (unpaired) electrons. The Kier molecular flexibility index (Phi) is 3.58. The third kappa shape index (κ3) is 2.84. The molecule has 0 fully saturated rings. The zero-order chi connectivity index (χ0) is 10.4. The molecule has 0 aliphatic heterocycles. The fraction of sp³-hybridized carbons (Fsp3) is 0.200. The number of hydrogen-bond acceptors (Lipinski definition) is 2. The van der Waals surface area contributed by atoms with E-state index in [0.29, 0.717) is 6.54 Å². The lowest BCUT2D eigenvalue weighted by atomic mass is 10.1. The Morgan fingerprint density at radius 2 is 2.36 bits per heavy atom. The van der Waals surface area contributed by atoms with Crippen molar-refractivity contribution in [1.82, 2.24) is 0 Å². The second kappa shape index (κ2) is 4.94. The van der Waals surface area contributed by atoms with Gasteiger partial charge in [-0.3, -0.25) is 0 Å². The number of phenolic OH excluding ortho intramolecular Hbond substituents is 1. The highest BCUT2D eigenvalue weighted by molar-refractivity contribution is 5.52. The maximum atomic E-state index is 9.26. The summed E-state index contributed by atoms with van der Waals surface area (Å²) in [5.74, 6) is 0.289. The highest BCUT2D eigenvalue weighted by atomic mass is 16.3. The Balaban J connectivity index is 2.72. The number of rotatable bonds is 3. The molecule has 0 atom stereocenters. The zero-order valence-electron chi connectivity index (χ0n) is 7.88. The van der Waals surface area contributed by atoms with E-state index in [0.717, 1.165) is 11.1 Å². The molecule has 4 nitrogen and oxygen atoms in total. The Bertz CT molecular complexity index is 392. The predicted molar refractivity (Wildman–Crippen MR) is 55.9 cm³/mol. The first-order valence-electron chi connectivity index (χ1n) is 4.21. The summed E-state index contributed by atoms with van der Waals surface area (Å²) < 4.78 is 0. The molecule has 1 rings (SSSR count). The highest BCUT2D eigenvalue weighted by Gasteiger charge is 1.94. The van der Waals surface area contributed by atoms with Gasteiger partial charge in [-0.05, 0) is 35.7 Å². The summed E-state index contributed by atoms with van der Waals surface area (Å²) in [4.78, 5) is 2.63. The van der Waals surface area contributed by atoms with Crippen LogP contribution in [0.25, 0.3) is 16.5 Å². The number of azide groups is 1. The van der Waals surface area contributed by atoms with Gasteiger partial charge in [-0.15, -0.1) is 0 Å². The summed E-state index contributed by atoms with van der Waals surface area (Å²) in [5, 5.41) is 12.6. The molecular weight excluding hydrogens is 178 g/mol. The van der Waals surface area contributed by atoms with E-state index < -0.39 is 0 Å². The molecule has 72 valence electrons. The van der Waals surface area contributed by atoms with Gasteiger partial charge in [-0.2, -0.15) is 0 Å². The van der Waals surface area contributed by atoms with E-state index in [4.69, 9.17) is 5.53 Å². The molecule has 0 aliphatic rings. The van der Waals surface area contributed by atoms with Gasteiger partial charge in [0.2, 0.25) is 0 Å². The van der Waals surface area contributed by atoms with Crippen LogP contribution in [0.15, 0.2) is 29.4 Å². The van der Waals surface area contributed by atoms with Crippen LogP contribution in [0.4, 0.5) is 0 Å². The molecule has 0 amide bonds. The van der Waals surface area contributed by atoms with Crippen LogP contribution in [-0.4, -0.2) is 11.7 Å². The highest BCUT2D eigenvalue weighted by Crippen LogP contribution is 2.17. The van der Waals surface area contributed by atoms with Crippen LogP contribution < -0.4 is 0 Å². The summed E-state index contributed by atoms with van der Waals surface area (Å²) in [7, 11) is 0. The Morgan fingerprint density at radius 3 is 3.00 bits per heavy atom. The molecule has 0 aliphatic carbocycles. The summed E-state index contributed by atoms with van der Waals surface area (Å²) in [6.45, 7) is 2.18. The van der Waals surface area contributed by atoms with Crippen LogP contribution in [0.1, 0.15) is 11.1 Å². The third-order valence-electron chi connectivity index (χ3n) is 1.78. The quantitative estimate of drug-likeness (QED) is 0.443. The van der Waals surface area contributed by atoms with E-state index in [1.807, 2.05) is 19.1 Å². The molecule has 0 bridgehead atoms. The van der Waals surface area contributed by atoms with Crippen molar-refractivity contribution < 1.29 is 5.11 Å². The molecule has 4 heteroatoms. The molecule has 0 aromatic heterocycles. The average Bonchev–Trinajstić information content (AvgIpc) is 2.18. The summed E-state index contributed by atoms with van der Waals surface area (Å²) in [6.07, 6.45) is 3.62. The topological polar surface area (TPSA) is 69.0 Å². The first-order chi connectivity index (χ1) is 6.74. The van der Waals surface area contributed by atoms with Crippen molar-refractivity contribution in [2.45, 2.75) is 6.92 Å². The van der Waals surface area contributed by atoms with Gasteiger partial charge in [0.05, 0.1) is 0 Å². The van der Waals surface area contributed by atoms with Crippen molar-refractivity contribution in [3.05, 3.63) is 45.8 Å². The predicted octanol–water partition coefficient (Wildman–Crippen LogP) is 3.02. The fourth-order valence-electron chi connectivity index (χ4n) is 1.05. The number of benzene rings is 1.